The first kappa shape index (κ1) is 12.0. The van der Waals surface area contributed by atoms with E-state index in [4.69, 9.17) is 10.4 Å². The van der Waals surface area contributed by atoms with Gasteiger partial charge >= 0.3 is 5.97 Å². The number of nitrogens with zero attached hydrogens (tertiary/aromatic N) is 2. The summed E-state index contributed by atoms with van der Waals surface area (Å²) in [6.45, 7) is 0.567. The van der Waals surface area contributed by atoms with E-state index in [0.29, 0.717) is 18.5 Å². The van der Waals surface area contributed by atoms with Crippen LogP contribution < -0.4 is 0 Å². The van der Waals surface area contributed by atoms with Crippen LogP contribution in [0.15, 0.2) is 24.3 Å². The van der Waals surface area contributed by atoms with Gasteiger partial charge in [0.15, 0.2) is 0 Å². The zero-order valence-corrected chi connectivity index (χ0v) is 9.98. The summed E-state index contributed by atoms with van der Waals surface area (Å²) < 4.78 is 1.87. The molecule has 1 fully saturated rings. The van der Waals surface area contributed by atoms with Gasteiger partial charge in [-0.25, -0.2) is 4.31 Å². The zero-order chi connectivity index (χ0) is 12.3. The monoisotopic (exact) mass is 248 g/mol. The quantitative estimate of drug-likeness (QED) is 0.827. The molecule has 1 unspecified atom stereocenters. The highest BCUT2D eigenvalue weighted by Gasteiger charge is 2.31. The van der Waals surface area contributed by atoms with Crippen LogP contribution in [0.25, 0.3) is 0 Å². The van der Waals surface area contributed by atoms with Crippen LogP contribution in [0.2, 0.25) is 0 Å². The summed E-state index contributed by atoms with van der Waals surface area (Å²) in [6.07, 6.45) is 0.679. The Kier molecular flexibility index (Phi) is 3.67. The van der Waals surface area contributed by atoms with Crippen molar-refractivity contribution in [2.45, 2.75) is 19.0 Å². The fraction of sp³-hybridized carbons (Fsp3) is 0.333. The molecule has 1 aliphatic heterocycles. The van der Waals surface area contributed by atoms with Crippen LogP contribution in [-0.4, -0.2) is 27.2 Å². The molecule has 1 aromatic rings. The highest BCUT2D eigenvalue weighted by Crippen LogP contribution is 2.29. The van der Waals surface area contributed by atoms with Crippen molar-refractivity contribution in [2.24, 2.45) is 0 Å². The molecule has 0 bridgehead atoms. The minimum atomic E-state index is -0.772. The van der Waals surface area contributed by atoms with Crippen LogP contribution in [0, 0.1) is 11.3 Å². The molecule has 0 aliphatic carbocycles. The fourth-order valence-electron chi connectivity index (χ4n) is 1.84. The first-order valence-electron chi connectivity index (χ1n) is 5.32. The number of benzene rings is 1. The van der Waals surface area contributed by atoms with Crippen LogP contribution in [-0.2, 0) is 11.3 Å². The third-order valence-electron chi connectivity index (χ3n) is 2.68. The third kappa shape index (κ3) is 2.78. The number of hydrogen-bond acceptors (Lipinski definition) is 4. The van der Waals surface area contributed by atoms with Gasteiger partial charge in [0.05, 0.1) is 11.6 Å². The number of carboxylic acids is 1. The highest BCUT2D eigenvalue weighted by atomic mass is 32.2. The molecular weight excluding hydrogens is 236 g/mol. The van der Waals surface area contributed by atoms with Gasteiger partial charge in [-0.3, -0.25) is 4.79 Å². The number of carboxylic acid groups (broad SMARTS) is 1. The van der Waals surface area contributed by atoms with Crippen molar-refractivity contribution < 1.29 is 9.90 Å². The number of aliphatic carboxylic acids is 1. The first-order chi connectivity index (χ1) is 8.20. The van der Waals surface area contributed by atoms with E-state index < -0.39 is 12.0 Å². The topological polar surface area (TPSA) is 64.3 Å². The van der Waals surface area contributed by atoms with Gasteiger partial charge in [-0.1, -0.05) is 24.1 Å². The van der Waals surface area contributed by atoms with E-state index >= 15 is 0 Å². The lowest BCUT2D eigenvalue weighted by Crippen LogP contribution is -2.31. The standard InChI is InChI=1S/C12H12N2O2S/c13-7-9-2-1-3-10(6-9)8-14-11(12(15)16)4-5-17-14/h1-3,6,11H,4-5,8H2,(H,15,16). The Morgan fingerprint density at radius 1 is 1.65 bits per heavy atom. The summed E-state index contributed by atoms with van der Waals surface area (Å²) in [5.74, 6) is 0.0704. The van der Waals surface area contributed by atoms with Crippen molar-refractivity contribution >= 4 is 17.9 Å². The smallest absolute Gasteiger partial charge is 0.321 e. The van der Waals surface area contributed by atoms with Crippen molar-refractivity contribution in [2.75, 3.05) is 5.75 Å². The predicted octanol–water partition coefficient (Wildman–Crippen LogP) is 1.87. The second-order valence-corrected chi connectivity index (χ2v) is 5.00. The molecule has 0 saturated carbocycles. The lowest BCUT2D eigenvalue weighted by Gasteiger charge is -2.19. The van der Waals surface area contributed by atoms with E-state index in [0.717, 1.165) is 11.3 Å². The SMILES string of the molecule is N#Cc1cccc(CN2SCCC2C(=O)O)c1. The lowest BCUT2D eigenvalue weighted by atomic mass is 10.1. The fourth-order valence-corrected chi connectivity index (χ4v) is 3.02. The molecule has 1 saturated heterocycles. The average molecular weight is 248 g/mol. The van der Waals surface area contributed by atoms with Crippen molar-refractivity contribution in [1.29, 1.82) is 5.26 Å². The van der Waals surface area contributed by atoms with E-state index in [1.54, 1.807) is 24.1 Å². The predicted molar refractivity (Wildman–Crippen MR) is 65.2 cm³/mol. The first-order valence-corrected chi connectivity index (χ1v) is 6.26. The lowest BCUT2D eigenvalue weighted by molar-refractivity contribution is -0.141. The van der Waals surface area contributed by atoms with Crippen molar-refractivity contribution in [1.82, 2.24) is 4.31 Å². The van der Waals surface area contributed by atoms with Gasteiger partial charge in [-0.15, -0.1) is 0 Å². The number of nitriles is 1. The summed E-state index contributed by atoms with van der Waals surface area (Å²) in [6, 6.07) is 8.96. The van der Waals surface area contributed by atoms with E-state index in [9.17, 15) is 4.79 Å². The Morgan fingerprint density at radius 2 is 2.47 bits per heavy atom. The minimum absolute atomic E-state index is 0.411. The van der Waals surface area contributed by atoms with E-state index in [1.807, 2.05) is 16.4 Å². The van der Waals surface area contributed by atoms with E-state index in [2.05, 4.69) is 6.07 Å². The molecule has 1 aromatic carbocycles. The van der Waals surface area contributed by atoms with Gasteiger partial charge in [0.25, 0.3) is 0 Å². The number of carbonyl (C=O) groups is 1. The number of hydrogen-bond donors (Lipinski definition) is 1. The van der Waals surface area contributed by atoms with Gasteiger partial charge in [0, 0.05) is 12.3 Å². The van der Waals surface area contributed by atoms with Crippen LogP contribution in [0.4, 0.5) is 0 Å². The van der Waals surface area contributed by atoms with Crippen LogP contribution in [0.5, 0.6) is 0 Å². The van der Waals surface area contributed by atoms with Crippen LogP contribution in [0.1, 0.15) is 17.5 Å². The second kappa shape index (κ2) is 5.21. The Bertz CT molecular complexity index is 470. The Labute approximate surface area is 104 Å². The molecule has 2 rings (SSSR count). The van der Waals surface area contributed by atoms with Gasteiger partial charge in [-0.05, 0) is 24.1 Å². The molecular formula is C12H12N2O2S. The van der Waals surface area contributed by atoms with E-state index in [-0.39, 0.29) is 0 Å². The van der Waals surface area contributed by atoms with Crippen LogP contribution >= 0.6 is 11.9 Å². The molecule has 5 heteroatoms. The molecule has 88 valence electrons. The third-order valence-corrected chi connectivity index (χ3v) is 3.81. The molecule has 1 atom stereocenters. The zero-order valence-electron chi connectivity index (χ0n) is 9.17. The Balaban J connectivity index is 2.10. The highest BCUT2D eigenvalue weighted by molar-refractivity contribution is 7.97. The molecule has 1 aliphatic rings. The van der Waals surface area contributed by atoms with Gasteiger partial charge < -0.3 is 5.11 Å². The molecule has 17 heavy (non-hydrogen) atoms. The summed E-state index contributed by atoms with van der Waals surface area (Å²) >= 11 is 1.56. The molecule has 0 amide bonds. The molecule has 0 spiro atoms. The Hall–Kier alpha value is -1.51. The molecule has 1 heterocycles. The Morgan fingerprint density at radius 3 is 3.18 bits per heavy atom. The van der Waals surface area contributed by atoms with Crippen molar-refractivity contribution in [3.05, 3.63) is 35.4 Å². The summed E-state index contributed by atoms with van der Waals surface area (Å²) in [7, 11) is 0. The molecule has 0 radical (unpaired) electrons. The van der Waals surface area contributed by atoms with Gasteiger partial charge in [0.1, 0.15) is 6.04 Å². The van der Waals surface area contributed by atoms with E-state index in [1.165, 1.54) is 0 Å². The van der Waals surface area contributed by atoms with Crippen molar-refractivity contribution in [3.8, 4) is 6.07 Å². The van der Waals surface area contributed by atoms with Gasteiger partial charge in [-0.2, -0.15) is 5.26 Å². The molecule has 1 N–H and O–H groups in total. The summed E-state index contributed by atoms with van der Waals surface area (Å²) in [5, 5.41) is 17.9. The minimum Gasteiger partial charge on any atom is -0.480 e. The normalized spacial score (nSPS) is 20.1. The maximum absolute atomic E-state index is 11.0. The average Bonchev–Trinajstić information content (AvgIpc) is 2.77. The molecule has 4 nitrogen and oxygen atoms in total. The maximum Gasteiger partial charge on any atom is 0.321 e. The van der Waals surface area contributed by atoms with Crippen molar-refractivity contribution in [3.63, 3.8) is 0 Å². The number of rotatable bonds is 3. The maximum atomic E-state index is 11.0. The summed E-state index contributed by atoms with van der Waals surface area (Å²) in [4.78, 5) is 11.0. The second-order valence-electron chi connectivity index (χ2n) is 3.86. The van der Waals surface area contributed by atoms with Crippen LogP contribution in [0.3, 0.4) is 0 Å². The molecule has 0 aromatic heterocycles. The van der Waals surface area contributed by atoms with Gasteiger partial charge in [0.2, 0.25) is 0 Å². The largest absolute Gasteiger partial charge is 0.480 e. The summed E-state index contributed by atoms with van der Waals surface area (Å²) in [5.41, 5.74) is 1.59.